The summed E-state index contributed by atoms with van der Waals surface area (Å²) in [5.74, 6) is 0.940. The van der Waals surface area contributed by atoms with Gasteiger partial charge in [-0.15, -0.1) is 0 Å². The lowest BCUT2D eigenvalue weighted by atomic mass is 10.1. The molecule has 1 heterocycles. The third-order valence-corrected chi connectivity index (χ3v) is 4.76. The van der Waals surface area contributed by atoms with Gasteiger partial charge in [0.2, 0.25) is 5.91 Å². The number of carbonyl (C=O) groups is 2. The van der Waals surface area contributed by atoms with E-state index in [9.17, 15) is 9.59 Å². The van der Waals surface area contributed by atoms with Gasteiger partial charge in [0.05, 0.1) is 0 Å². The molecular weight excluding hydrogens is 292 g/mol. The van der Waals surface area contributed by atoms with E-state index in [-0.39, 0.29) is 24.0 Å². The fraction of sp³-hybridized carbons (Fsp3) is 0.889. The van der Waals surface area contributed by atoms with Crippen molar-refractivity contribution in [2.75, 3.05) is 13.1 Å². The maximum atomic E-state index is 12.2. The Labute approximate surface area is 140 Å². The summed E-state index contributed by atoms with van der Waals surface area (Å²) in [5.41, 5.74) is -0.447. The third kappa shape index (κ3) is 5.70. The molecule has 0 bridgehead atoms. The molecule has 2 amide bonds. The van der Waals surface area contributed by atoms with Crippen molar-refractivity contribution >= 4 is 12.0 Å². The molecule has 23 heavy (non-hydrogen) atoms. The molecule has 1 saturated heterocycles. The Kier molecular flexibility index (Phi) is 5.93. The first-order chi connectivity index (χ1) is 10.8. The molecule has 0 aromatic heterocycles. The van der Waals surface area contributed by atoms with Crippen LogP contribution in [0.1, 0.15) is 66.2 Å². The number of nitrogens with zero attached hydrogens (tertiary/aromatic N) is 1. The van der Waals surface area contributed by atoms with Crippen LogP contribution in [0.3, 0.4) is 0 Å². The summed E-state index contributed by atoms with van der Waals surface area (Å²) in [5, 5.41) is 3.04. The van der Waals surface area contributed by atoms with Gasteiger partial charge in [-0.3, -0.25) is 4.79 Å². The summed E-state index contributed by atoms with van der Waals surface area (Å²) in [6.45, 7) is 9.19. The van der Waals surface area contributed by atoms with Gasteiger partial charge in [0.1, 0.15) is 5.60 Å². The second kappa shape index (κ2) is 7.54. The van der Waals surface area contributed by atoms with Gasteiger partial charge in [-0.1, -0.05) is 6.92 Å². The molecule has 1 aliphatic carbocycles. The first-order valence-corrected chi connectivity index (χ1v) is 9.05. The Hall–Kier alpha value is -1.26. The zero-order valence-corrected chi connectivity index (χ0v) is 15.1. The highest BCUT2D eigenvalue weighted by Gasteiger charge is 2.33. The minimum atomic E-state index is -0.447. The maximum Gasteiger partial charge on any atom is 0.410 e. The van der Waals surface area contributed by atoms with Crippen molar-refractivity contribution in [1.82, 2.24) is 10.2 Å². The minimum Gasteiger partial charge on any atom is -0.444 e. The van der Waals surface area contributed by atoms with Crippen LogP contribution >= 0.6 is 0 Å². The first-order valence-electron chi connectivity index (χ1n) is 9.05. The van der Waals surface area contributed by atoms with Crippen LogP contribution < -0.4 is 5.32 Å². The number of ether oxygens (including phenoxy) is 1. The highest BCUT2D eigenvalue weighted by Crippen LogP contribution is 2.36. The van der Waals surface area contributed by atoms with Crippen molar-refractivity contribution in [3.05, 3.63) is 0 Å². The molecule has 1 aliphatic heterocycles. The summed E-state index contributed by atoms with van der Waals surface area (Å²) >= 11 is 0. The average Bonchev–Trinajstić information content (AvgIpc) is 3.19. The zero-order valence-electron chi connectivity index (χ0n) is 15.1. The van der Waals surface area contributed by atoms with Crippen LogP contribution in [0.2, 0.25) is 0 Å². The molecule has 0 radical (unpaired) electrons. The van der Waals surface area contributed by atoms with Gasteiger partial charge in [-0.2, -0.15) is 0 Å². The SMILES string of the molecule is C[C@H](C(=O)NCCC[C@H]1CCCN1C(=O)OC(C)(C)C)C1CC1. The average molecular weight is 324 g/mol. The van der Waals surface area contributed by atoms with Crippen molar-refractivity contribution in [2.24, 2.45) is 11.8 Å². The largest absolute Gasteiger partial charge is 0.444 e. The number of hydrogen-bond acceptors (Lipinski definition) is 3. The van der Waals surface area contributed by atoms with E-state index in [1.165, 1.54) is 12.8 Å². The highest BCUT2D eigenvalue weighted by atomic mass is 16.6. The fourth-order valence-corrected chi connectivity index (χ4v) is 3.22. The van der Waals surface area contributed by atoms with Gasteiger partial charge < -0.3 is 15.0 Å². The number of carbonyl (C=O) groups excluding carboxylic acids is 2. The highest BCUT2D eigenvalue weighted by molar-refractivity contribution is 5.78. The van der Waals surface area contributed by atoms with Gasteiger partial charge in [-0.25, -0.2) is 4.79 Å². The minimum absolute atomic E-state index is 0.153. The van der Waals surface area contributed by atoms with Crippen molar-refractivity contribution in [3.8, 4) is 0 Å². The van der Waals surface area contributed by atoms with Crippen LogP contribution in [0.15, 0.2) is 0 Å². The topological polar surface area (TPSA) is 58.6 Å². The smallest absolute Gasteiger partial charge is 0.410 e. The van der Waals surface area contributed by atoms with E-state index < -0.39 is 5.60 Å². The van der Waals surface area contributed by atoms with Crippen LogP contribution in [0.25, 0.3) is 0 Å². The number of amides is 2. The molecule has 0 spiro atoms. The lowest BCUT2D eigenvalue weighted by Gasteiger charge is -2.28. The maximum absolute atomic E-state index is 12.2. The van der Waals surface area contributed by atoms with E-state index in [0.717, 1.165) is 32.2 Å². The molecule has 0 aromatic rings. The normalized spacial score (nSPS) is 22.8. The van der Waals surface area contributed by atoms with Crippen molar-refractivity contribution < 1.29 is 14.3 Å². The van der Waals surface area contributed by atoms with Gasteiger partial charge in [0.25, 0.3) is 0 Å². The lowest BCUT2D eigenvalue weighted by Crippen LogP contribution is -2.40. The van der Waals surface area contributed by atoms with Crippen LogP contribution in [0.5, 0.6) is 0 Å². The molecule has 5 nitrogen and oxygen atoms in total. The molecule has 2 atom stereocenters. The van der Waals surface area contributed by atoms with E-state index in [1.807, 2.05) is 32.6 Å². The van der Waals surface area contributed by atoms with Crippen LogP contribution in [-0.4, -0.2) is 41.6 Å². The van der Waals surface area contributed by atoms with Crippen molar-refractivity contribution in [2.45, 2.75) is 77.9 Å². The Balaban J connectivity index is 1.67. The fourth-order valence-electron chi connectivity index (χ4n) is 3.22. The quantitative estimate of drug-likeness (QED) is 0.762. The van der Waals surface area contributed by atoms with Crippen LogP contribution in [-0.2, 0) is 9.53 Å². The second-order valence-corrected chi connectivity index (χ2v) is 8.03. The molecule has 1 N–H and O–H groups in total. The molecular formula is C18H32N2O3. The van der Waals surface area contributed by atoms with Gasteiger partial charge in [0, 0.05) is 25.0 Å². The number of likely N-dealkylation sites (tertiary alicyclic amines) is 1. The Bertz CT molecular complexity index is 426. The molecule has 0 aromatic carbocycles. The molecule has 2 rings (SSSR count). The summed E-state index contributed by atoms with van der Waals surface area (Å²) in [6, 6.07) is 0.252. The van der Waals surface area contributed by atoms with E-state index >= 15 is 0 Å². The summed E-state index contributed by atoms with van der Waals surface area (Å²) in [4.78, 5) is 26.0. The van der Waals surface area contributed by atoms with Gasteiger partial charge in [-0.05, 0) is 65.2 Å². The summed E-state index contributed by atoms with van der Waals surface area (Å²) in [7, 11) is 0. The monoisotopic (exact) mass is 324 g/mol. The van der Waals surface area contributed by atoms with E-state index in [4.69, 9.17) is 4.74 Å². The molecule has 1 saturated carbocycles. The summed E-state index contributed by atoms with van der Waals surface area (Å²) < 4.78 is 5.48. The van der Waals surface area contributed by atoms with Crippen LogP contribution in [0.4, 0.5) is 4.79 Å². The van der Waals surface area contributed by atoms with E-state index in [0.29, 0.717) is 12.5 Å². The first kappa shape index (κ1) is 18.1. The predicted molar refractivity (Wildman–Crippen MR) is 90.1 cm³/mol. The van der Waals surface area contributed by atoms with Gasteiger partial charge >= 0.3 is 6.09 Å². The van der Waals surface area contributed by atoms with Crippen molar-refractivity contribution in [3.63, 3.8) is 0 Å². The van der Waals surface area contributed by atoms with E-state index in [1.54, 1.807) is 0 Å². The van der Waals surface area contributed by atoms with Crippen LogP contribution in [0, 0.1) is 11.8 Å². The predicted octanol–water partition coefficient (Wildman–Crippen LogP) is 3.33. The standard InChI is InChI=1S/C18H32N2O3/c1-13(14-9-10-14)16(21)19-11-5-7-15-8-6-12-20(15)17(22)23-18(2,3)4/h13-15H,5-12H2,1-4H3,(H,19,21)/t13-,15-/m0/s1. The Morgan fingerprint density at radius 1 is 1.26 bits per heavy atom. The van der Waals surface area contributed by atoms with Gasteiger partial charge in [0.15, 0.2) is 0 Å². The Morgan fingerprint density at radius 2 is 1.96 bits per heavy atom. The Morgan fingerprint density at radius 3 is 2.57 bits per heavy atom. The number of nitrogens with one attached hydrogen (secondary N) is 1. The molecule has 132 valence electrons. The second-order valence-electron chi connectivity index (χ2n) is 8.03. The molecule has 0 unspecified atom stereocenters. The zero-order chi connectivity index (χ0) is 17.0. The summed E-state index contributed by atoms with van der Waals surface area (Å²) in [6.07, 6.45) is 6.10. The molecule has 2 fully saturated rings. The lowest BCUT2D eigenvalue weighted by molar-refractivity contribution is -0.125. The molecule has 5 heteroatoms. The van der Waals surface area contributed by atoms with Crippen molar-refractivity contribution in [1.29, 1.82) is 0 Å². The third-order valence-electron chi connectivity index (χ3n) is 4.76. The molecule has 2 aliphatic rings. The van der Waals surface area contributed by atoms with E-state index in [2.05, 4.69) is 5.32 Å². The number of hydrogen-bond donors (Lipinski definition) is 1. The number of rotatable bonds is 6.